The molecule has 0 aliphatic carbocycles. The summed E-state index contributed by atoms with van der Waals surface area (Å²) in [5, 5.41) is 6.49. The van der Waals surface area contributed by atoms with Gasteiger partial charge in [0.1, 0.15) is 0 Å². The number of carbonyl (C=O) groups is 1. The van der Waals surface area contributed by atoms with E-state index in [1.165, 1.54) is 11.9 Å². The van der Waals surface area contributed by atoms with Gasteiger partial charge in [0.05, 0.1) is 10.0 Å². The largest absolute Gasteiger partial charge is 0.446 e. The Morgan fingerprint density at radius 2 is 1.91 bits per heavy atom. The van der Waals surface area contributed by atoms with Crippen molar-refractivity contribution in [2.75, 3.05) is 0 Å². The van der Waals surface area contributed by atoms with Gasteiger partial charge in [0.2, 0.25) is 18.0 Å². The summed E-state index contributed by atoms with van der Waals surface area (Å²) in [6, 6.07) is 12.8. The predicted octanol–water partition coefficient (Wildman–Crippen LogP) is 4.54. The molecule has 118 valence electrons. The SMILES string of the molecule is CC(=O)N1N=C(c2ccccc2C)OC1c1ccc(Cl)c(Cl)c1. The lowest BCUT2D eigenvalue weighted by molar-refractivity contribution is -0.135. The molecule has 23 heavy (non-hydrogen) atoms. The number of hydrazone groups is 1. The zero-order valence-electron chi connectivity index (χ0n) is 12.6. The maximum atomic E-state index is 11.9. The van der Waals surface area contributed by atoms with Crippen LogP contribution in [0.2, 0.25) is 10.0 Å². The van der Waals surface area contributed by atoms with Crippen molar-refractivity contribution < 1.29 is 9.53 Å². The number of rotatable bonds is 2. The average Bonchev–Trinajstić information content (AvgIpc) is 2.96. The van der Waals surface area contributed by atoms with E-state index in [1.54, 1.807) is 18.2 Å². The first-order valence-electron chi connectivity index (χ1n) is 7.03. The number of hydrogen-bond acceptors (Lipinski definition) is 3. The van der Waals surface area contributed by atoms with Crippen LogP contribution < -0.4 is 0 Å². The molecule has 0 fully saturated rings. The van der Waals surface area contributed by atoms with Crippen molar-refractivity contribution in [1.29, 1.82) is 0 Å². The molecule has 1 unspecified atom stereocenters. The van der Waals surface area contributed by atoms with Gasteiger partial charge >= 0.3 is 0 Å². The van der Waals surface area contributed by atoms with E-state index >= 15 is 0 Å². The molecule has 6 heteroatoms. The fourth-order valence-corrected chi connectivity index (χ4v) is 2.68. The summed E-state index contributed by atoms with van der Waals surface area (Å²) in [4.78, 5) is 11.9. The standard InChI is InChI=1S/C17H14Cl2N2O2/c1-10-5-3-4-6-13(10)16-20-21(11(2)22)17(23-16)12-7-8-14(18)15(19)9-12/h3-9,17H,1-2H3. The molecule has 2 aromatic rings. The van der Waals surface area contributed by atoms with E-state index in [9.17, 15) is 4.79 Å². The molecule has 1 aliphatic heterocycles. The van der Waals surface area contributed by atoms with Crippen molar-refractivity contribution in [3.05, 3.63) is 69.2 Å². The zero-order chi connectivity index (χ0) is 16.6. The number of nitrogens with zero attached hydrogens (tertiary/aromatic N) is 2. The van der Waals surface area contributed by atoms with Crippen LogP contribution in [0.4, 0.5) is 0 Å². The van der Waals surface area contributed by atoms with E-state index < -0.39 is 6.23 Å². The van der Waals surface area contributed by atoms with Crippen LogP contribution in [0, 0.1) is 6.92 Å². The van der Waals surface area contributed by atoms with Crippen molar-refractivity contribution in [3.63, 3.8) is 0 Å². The van der Waals surface area contributed by atoms with Gasteiger partial charge in [-0.05, 0) is 30.7 Å². The molecule has 3 rings (SSSR count). The molecule has 0 bridgehead atoms. The molecular formula is C17H14Cl2N2O2. The normalized spacial score (nSPS) is 17.0. The van der Waals surface area contributed by atoms with Crippen LogP contribution in [-0.2, 0) is 9.53 Å². The quantitative estimate of drug-likeness (QED) is 0.799. The molecule has 1 atom stereocenters. The van der Waals surface area contributed by atoms with Gasteiger partial charge in [0.15, 0.2) is 0 Å². The number of ether oxygens (including phenoxy) is 1. The fraction of sp³-hybridized carbons (Fsp3) is 0.176. The summed E-state index contributed by atoms with van der Waals surface area (Å²) in [5.41, 5.74) is 2.58. The lowest BCUT2D eigenvalue weighted by Crippen LogP contribution is -2.25. The van der Waals surface area contributed by atoms with Crippen LogP contribution >= 0.6 is 23.2 Å². The van der Waals surface area contributed by atoms with Crippen LogP contribution in [0.25, 0.3) is 0 Å². The Labute approximate surface area is 144 Å². The summed E-state index contributed by atoms with van der Waals surface area (Å²) in [6.45, 7) is 3.41. The number of aryl methyl sites for hydroxylation is 1. The topological polar surface area (TPSA) is 41.9 Å². The second-order valence-electron chi connectivity index (χ2n) is 5.23. The van der Waals surface area contributed by atoms with Gasteiger partial charge in [-0.2, -0.15) is 5.01 Å². The third-order valence-corrected chi connectivity index (χ3v) is 4.31. The Hall–Kier alpha value is -2.04. The summed E-state index contributed by atoms with van der Waals surface area (Å²) in [5.74, 6) is 0.194. The predicted molar refractivity (Wildman–Crippen MR) is 90.5 cm³/mol. The van der Waals surface area contributed by atoms with E-state index in [0.717, 1.165) is 11.1 Å². The summed E-state index contributed by atoms with van der Waals surface area (Å²) in [6.07, 6.45) is -0.656. The molecule has 1 aliphatic rings. The Balaban J connectivity index is 1.99. The van der Waals surface area contributed by atoms with Gasteiger partial charge in [0.25, 0.3) is 0 Å². The second-order valence-corrected chi connectivity index (χ2v) is 6.04. The smallest absolute Gasteiger partial charge is 0.243 e. The second kappa shape index (κ2) is 6.22. The van der Waals surface area contributed by atoms with Gasteiger partial charge in [0, 0.05) is 18.1 Å². The molecule has 0 saturated carbocycles. The zero-order valence-corrected chi connectivity index (χ0v) is 14.1. The molecule has 0 saturated heterocycles. The van der Waals surface area contributed by atoms with Crippen LogP contribution in [0.1, 0.15) is 29.8 Å². The number of amides is 1. The van der Waals surface area contributed by atoms with Crippen LogP contribution in [0.5, 0.6) is 0 Å². The van der Waals surface area contributed by atoms with Crippen molar-refractivity contribution in [3.8, 4) is 0 Å². The Morgan fingerprint density at radius 3 is 2.57 bits per heavy atom. The lowest BCUT2D eigenvalue weighted by Gasteiger charge is -2.19. The molecule has 0 aromatic heterocycles. The highest BCUT2D eigenvalue weighted by molar-refractivity contribution is 6.42. The average molecular weight is 349 g/mol. The minimum atomic E-state index is -0.656. The Morgan fingerprint density at radius 1 is 1.17 bits per heavy atom. The first kappa shape index (κ1) is 15.8. The van der Waals surface area contributed by atoms with Gasteiger partial charge in [-0.1, -0.05) is 47.5 Å². The highest BCUT2D eigenvalue weighted by atomic mass is 35.5. The van der Waals surface area contributed by atoms with Gasteiger partial charge < -0.3 is 4.74 Å². The van der Waals surface area contributed by atoms with Gasteiger partial charge in [-0.3, -0.25) is 4.79 Å². The number of benzene rings is 2. The Bertz CT molecular complexity index is 805. The maximum absolute atomic E-state index is 11.9. The van der Waals surface area contributed by atoms with E-state index in [-0.39, 0.29) is 5.91 Å². The molecule has 0 N–H and O–H groups in total. The lowest BCUT2D eigenvalue weighted by atomic mass is 10.1. The summed E-state index contributed by atoms with van der Waals surface area (Å²) < 4.78 is 5.94. The highest BCUT2D eigenvalue weighted by Gasteiger charge is 2.33. The molecule has 0 spiro atoms. The third kappa shape index (κ3) is 3.05. The van der Waals surface area contributed by atoms with Crippen LogP contribution in [0.15, 0.2) is 47.6 Å². The Kier molecular flexibility index (Phi) is 4.28. The van der Waals surface area contributed by atoms with E-state index in [2.05, 4.69) is 5.10 Å². The number of carbonyl (C=O) groups excluding carboxylic acids is 1. The molecule has 4 nitrogen and oxygen atoms in total. The van der Waals surface area contributed by atoms with Crippen molar-refractivity contribution in [2.45, 2.75) is 20.1 Å². The summed E-state index contributed by atoms with van der Waals surface area (Å²) in [7, 11) is 0. The fourth-order valence-electron chi connectivity index (χ4n) is 2.37. The molecule has 2 aromatic carbocycles. The summed E-state index contributed by atoms with van der Waals surface area (Å²) >= 11 is 12.0. The van der Waals surface area contributed by atoms with Crippen molar-refractivity contribution in [2.24, 2.45) is 5.10 Å². The van der Waals surface area contributed by atoms with Crippen LogP contribution in [0.3, 0.4) is 0 Å². The van der Waals surface area contributed by atoms with Crippen molar-refractivity contribution >= 4 is 35.0 Å². The van der Waals surface area contributed by atoms with Crippen LogP contribution in [-0.4, -0.2) is 16.8 Å². The monoisotopic (exact) mass is 348 g/mol. The van der Waals surface area contributed by atoms with E-state index in [0.29, 0.717) is 21.5 Å². The van der Waals surface area contributed by atoms with E-state index in [4.69, 9.17) is 27.9 Å². The molecule has 1 heterocycles. The number of halogens is 2. The van der Waals surface area contributed by atoms with Gasteiger partial charge in [-0.15, -0.1) is 5.10 Å². The maximum Gasteiger partial charge on any atom is 0.243 e. The number of hydrogen-bond donors (Lipinski definition) is 0. The van der Waals surface area contributed by atoms with E-state index in [1.807, 2.05) is 31.2 Å². The first-order valence-corrected chi connectivity index (χ1v) is 7.79. The minimum Gasteiger partial charge on any atom is -0.446 e. The van der Waals surface area contributed by atoms with Gasteiger partial charge in [-0.25, -0.2) is 0 Å². The van der Waals surface area contributed by atoms with Crippen molar-refractivity contribution in [1.82, 2.24) is 5.01 Å². The molecule has 0 radical (unpaired) electrons. The molecular weight excluding hydrogens is 335 g/mol. The molecule has 1 amide bonds. The first-order chi connectivity index (χ1) is 11.0. The third-order valence-electron chi connectivity index (χ3n) is 3.57. The highest BCUT2D eigenvalue weighted by Crippen LogP contribution is 2.34. The minimum absolute atomic E-state index is 0.218.